The minimum atomic E-state index is -4.91. The Hall–Kier alpha value is -3.70. The number of pyridine rings is 2. The molecule has 0 spiro atoms. The quantitative estimate of drug-likeness (QED) is 0.216. The molecule has 0 aliphatic rings. The lowest BCUT2D eigenvalue weighted by atomic mass is 10.1. The van der Waals surface area contributed by atoms with Crippen molar-refractivity contribution >= 4 is 13.6 Å². The Morgan fingerprint density at radius 3 is 2.65 bits per heavy atom. The van der Waals surface area contributed by atoms with Gasteiger partial charge in [-0.1, -0.05) is 17.3 Å². The topological polar surface area (TPSA) is 148 Å². The van der Waals surface area contributed by atoms with E-state index in [1.165, 1.54) is 10.8 Å². The Morgan fingerprint density at radius 2 is 1.94 bits per heavy atom. The van der Waals surface area contributed by atoms with Crippen LogP contribution in [0.3, 0.4) is 0 Å². The third-order valence-electron chi connectivity index (χ3n) is 4.57. The van der Waals surface area contributed by atoms with Crippen LogP contribution in [-0.2, 0) is 22.2 Å². The zero-order valence-electron chi connectivity index (χ0n) is 17.3. The molecule has 13 heteroatoms. The van der Waals surface area contributed by atoms with E-state index in [0.29, 0.717) is 35.3 Å². The smallest absolute Gasteiger partial charge is 0.285 e. The molecule has 0 saturated heterocycles. The van der Waals surface area contributed by atoms with Gasteiger partial charge >= 0.3 is 0 Å². The maximum absolute atomic E-state index is 13.3. The van der Waals surface area contributed by atoms with Gasteiger partial charge < -0.3 is 19.0 Å². The molecule has 0 radical (unpaired) electrons. The summed E-state index contributed by atoms with van der Waals surface area (Å²) < 4.78 is 53.7. The number of phosphoric acid groups is 1. The third kappa shape index (κ3) is 6.00. The summed E-state index contributed by atoms with van der Waals surface area (Å²) in [4.78, 5) is 23.1. The van der Waals surface area contributed by atoms with Gasteiger partial charge in [0.05, 0.1) is 11.9 Å². The summed E-state index contributed by atoms with van der Waals surface area (Å²) >= 11 is 0. The van der Waals surface area contributed by atoms with Crippen LogP contribution in [0.5, 0.6) is 11.6 Å². The number of ether oxygens (including phenoxy) is 1. The standard InChI is InChI=1S/C21H17F2N4O6P/c22-14-9-19(23)25-20(10-14)32-16-5-3-13(4-6-16)8-15-11-18(33-26-15)17-2-1-7-27(21(17)24)12-31-34(28,29)30/h1-7,9-11,24H,8,12H2,(H2,28,29,30). The van der Waals surface area contributed by atoms with E-state index in [9.17, 15) is 18.2 Å². The van der Waals surface area contributed by atoms with Gasteiger partial charge in [-0.2, -0.15) is 9.37 Å². The number of anilines is 1. The van der Waals surface area contributed by atoms with Crippen molar-refractivity contribution in [2.24, 2.45) is 0 Å². The number of nitrogens with zero attached hydrogens (tertiary/aromatic N) is 3. The molecule has 1 unspecified atom stereocenters. The molecule has 0 saturated carbocycles. The van der Waals surface area contributed by atoms with Gasteiger partial charge in [0.15, 0.2) is 12.5 Å². The first-order valence-electron chi connectivity index (χ1n) is 9.68. The first kappa shape index (κ1) is 23.5. The molecule has 34 heavy (non-hydrogen) atoms. The second-order valence-electron chi connectivity index (χ2n) is 7.06. The van der Waals surface area contributed by atoms with Crippen LogP contribution in [0.15, 0.2) is 65.3 Å². The lowest BCUT2D eigenvalue weighted by molar-refractivity contribution is -0.712. The summed E-state index contributed by atoms with van der Waals surface area (Å²) in [6.07, 6.45) is 1.87. The summed E-state index contributed by atoms with van der Waals surface area (Å²) in [6, 6.07) is 13.3. The van der Waals surface area contributed by atoms with E-state index in [1.54, 1.807) is 42.5 Å². The maximum atomic E-state index is 13.3. The molecule has 0 aliphatic carbocycles. The Labute approximate surface area is 191 Å². The van der Waals surface area contributed by atoms with Crippen molar-refractivity contribution in [3.8, 4) is 23.0 Å². The number of hydrogen-bond donors (Lipinski definition) is 2. The predicted octanol–water partition coefficient (Wildman–Crippen LogP) is 2.70. The second kappa shape index (κ2) is 9.65. The summed E-state index contributed by atoms with van der Waals surface area (Å²) in [5.41, 5.74) is 7.94. The van der Waals surface area contributed by atoms with Crippen LogP contribution in [-0.4, -0.2) is 15.0 Å². The molecule has 1 atom stereocenters. The molecule has 3 aromatic heterocycles. The predicted molar refractivity (Wildman–Crippen MR) is 111 cm³/mol. The van der Waals surface area contributed by atoms with E-state index < -0.39 is 26.3 Å². The van der Waals surface area contributed by atoms with Gasteiger partial charge in [0.2, 0.25) is 11.8 Å². The normalized spacial score (nSPS) is 12.9. The van der Waals surface area contributed by atoms with E-state index >= 15 is 0 Å². The molecular weight excluding hydrogens is 473 g/mol. The zero-order valence-corrected chi connectivity index (χ0v) is 18.2. The molecule has 1 aromatic carbocycles. The fourth-order valence-electron chi connectivity index (χ4n) is 3.04. The SMILES string of the molecule is Nc1c(-c2cc(Cc3ccc(Oc4cc(F)cc(F)n4)cc3)no2)ccc[n+]1COP(=O)([O-])O. The molecule has 4 rings (SSSR count). The number of benzene rings is 1. The van der Waals surface area contributed by atoms with Gasteiger partial charge in [0.1, 0.15) is 17.1 Å². The van der Waals surface area contributed by atoms with Crippen molar-refractivity contribution in [1.82, 2.24) is 10.1 Å². The van der Waals surface area contributed by atoms with Crippen LogP contribution in [0.25, 0.3) is 11.3 Å². The lowest BCUT2D eigenvalue weighted by Gasteiger charge is -2.14. The lowest BCUT2D eigenvalue weighted by Crippen LogP contribution is -2.38. The molecular formula is C21H17F2N4O6P. The van der Waals surface area contributed by atoms with Crippen LogP contribution in [0.2, 0.25) is 0 Å². The highest BCUT2D eigenvalue weighted by Crippen LogP contribution is 2.31. The number of phosphoric ester groups is 1. The fourth-order valence-corrected chi connectivity index (χ4v) is 3.31. The maximum Gasteiger partial charge on any atom is 0.285 e. The van der Waals surface area contributed by atoms with Gasteiger partial charge in [-0.25, -0.2) is 8.96 Å². The van der Waals surface area contributed by atoms with Crippen molar-refractivity contribution in [3.05, 3.63) is 83.8 Å². The largest absolute Gasteiger partial charge is 0.756 e. The Balaban J connectivity index is 1.44. The van der Waals surface area contributed by atoms with Gasteiger partial charge in [-0.15, -0.1) is 0 Å². The highest BCUT2D eigenvalue weighted by molar-refractivity contribution is 7.44. The Bertz CT molecular complexity index is 1340. The molecule has 3 heterocycles. The number of hydrogen-bond acceptors (Lipinski definition) is 8. The number of halogens is 2. The van der Waals surface area contributed by atoms with Gasteiger partial charge in [-0.3, -0.25) is 14.8 Å². The molecule has 3 N–H and O–H groups in total. The molecule has 10 nitrogen and oxygen atoms in total. The number of aromatic nitrogens is 3. The molecule has 0 aliphatic heterocycles. The van der Waals surface area contributed by atoms with E-state index in [4.69, 9.17) is 19.9 Å². The first-order valence-corrected chi connectivity index (χ1v) is 11.2. The summed E-state index contributed by atoms with van der Waals surface area (Å²) in [7, 11) is -4.91. The fraction of sp³-hybridized carbons (Fsp3) is 0.0952. The number of nitrogens with two attached hydrogens (primary N) is 1. The van der Waals surface area contributed by atoms with E-state index in [0.717, 1.165) is 11.6 Å². The van der Waals surface area contributed by atoms with Gasteiger partial charge in [0.25, 0.3) is 13.6 Å². The molecule has 0 amide bonds. The average Bonchev–Trinajstić information content (AvgIpc) is 3.21. The molecule has 0 bridgehead atoms. The molecule has 4 aromatic rings. The summed E-state index contributed by atoms with van der Waals surface area (Å²) in [5.74, 6) is -1.15. The molecule has 176 valence electrons. The van der Waals surface area contributed by atoms with Crippen LogP contribution < -0.4 is 19.9 Å². The van der Waals surface area contributed by atoms with Crippen LogP contribution in [0.4, 0.5) is 14.6 Å². The minimum absolute atomic E-state index is 0.141. The van der Waals surface area contributed by atoms with E-state index in [2.05, 4.69) is 14.7 Å². The van der Waals surface area contributed by atoms with E-state index in [-0.39, 0.29) is 11.7 Å². The van der Waals surface area contributed by atoms with Crippen molar-refractivity contribution in [2.75, 3.05) is 5.73 Å². The van der Waals surface area contributed by atoms with E-state index in [1.807, 2.05) is 0 Å². The van der Waals surface area contributed by atoms with Crippen LogP contribution >= 0.6 is 7.82 Å². The highest BCUT2D eigenvalue weighted by Gasteiger charge is 2.18. The average molecular weight is 490 g/mol. The van der Waals surface area contributed by atoms with Crippen molar-refractivity contribution < 1.29 is 41.5 Å². The zero-order chi connectivity index (χ0) is 24.3. The minimum Gasteiger partial charge on any atom is -0.756 e. The number of rotatable bonds is 8. The van der Waals surface area contributed by atoms with Crippen LogP contribution in [0.1, 0.15) is 11.3 Å². The number of nitrogen functional groups attached to an aromatic ring is 1. The van der Waals surface area contributed by atoms with Gasteiger partial charge in [0, 0.05) is 24.6 Å². The van der Waals surface area contributed by atoms with Gasteiger partial charge in [-0.05, 0) is 29.8 Å². The summed E-state index contributed by atoms with van der Waals surface area (Å²) in [6.45, 7) is -0.510. The highest BCUT2D eigenvalue weighted by atomic mass is 31.2. The Morgan fingerprint density at radius 1 is 1.18 bits per heavy atom. The summed E-state index contributed by atoms with van der Waals surface area (Å²) in [5, 5.41) is 4.02. The second-order valence-corrected chi connectivity index (χ2v) is 8.25. The first-order chi connectivity index (χ1) is 16.2. The van der Waals surface area contributed by atoms with Crippen molar-refractivity contribution in [1.29, 1.82) is 0 Å². The molecule has 0 fully saturated rings. The van der Waals surface area contributed by atoms with Crippen LogP contribution in [0, 0.1) is 11.8 Å². The van der Waals surface area contributed by atoms with Crippen molar-refractivity contribution in [2.45, 2.75) is 13.2 Å². The third-order valence-corrected chi connectivity index (χ3v) is 5.01. The monoisotopic (exact) mass is 490 g/mol. The van der Waals surface area contributed by atoms with Crippen molar-refractivity contribution in [3.63, 3.8) is 0 Å². The Kier molecular flexibility index (Phi) is 6.66.